The Morgan fingerprint density at radius 1 is 1.17 bits per heavy atom. The van der Waals surface area contributed by atoms with Crippen molar-refractivity contribution in [1.29, 1.82) is 0 Å². The van der Waals surface area contributed by atoms with E-state index in [9.17, 15) is 4.39 Å². The fourth-order valence-corrected chi connectivity index (χ4v) is 3.24. The first-order valence-corrected chi connectivity index (χ1v) is 8.37. The van der Waals surface area contributed by atoms with Gasteiger partial charge in [-0.2, -0.15) is 0 Å². The van der Waals surface area contributed by atoms with Crippen LogP contribution in [0, 0.1) is 5.82 Å². The van der Waals surface area contributed by atoms with Gasteiger partial charge in [0.15, 0.2) is 0 Å². The number of hydrogen-bond acceptors (Lipinski definition) is 2. The van der Waals surface area contributed by atoms with Crippen LogP contribution in [-0.4, -0.2) is 12.6 Å². The average Bonchev–Trinajstić information content (AvgIpc) is 3.00. The summed E-state index contributed by atoms with van der Waals surface area (Å²) in [5, 5.41) is 4.23. The number of hydrogen-bond donors (Lipinski definition) is 1. The fraction of sp³-hybridized carbons (Fsp3) is 0.368. The summed E-state index contributed by atoms with van der Waals surface area (Å²) in [5.74, 6) is -0.223. The van der Waals surface area contributed by atoms with Gasteiger partial charge in [0.25, 0.3) is 0 Å². The van der Waals surface area contributed by atoms with E-state index >= 15 is 0 Å². The third-order valence-corrected chi connectivity index (χ3v) is 4.80. The fourth-order valence-electron chi connectivity index (χ4n) is 3.11. The van der Waals surface area contributed by atoms with E-state index < -0.39 is 5.60 Å². The lowest BCUT2D eigenvalue weighted by Crippen LogP contribution is -2.32. The lowest BCUT2D eigenvalue weighted by Gasteiger charge is -2.30. The second-order valence-corrected chi connectivity index (χ2v) is 6.54. The first-order valence-electron chi connectivity index (χ1n) is 7.99. The highest BCUT2D eigenvalue weighted by Gasteiger charge is 2.40. The van der Waals surface area contributed by atoms with E-state index in [2.05, 4.69) is 12.2 Å². The summed E-state index contributed by atoms with van der Waals surface area (Å²) in [4.78, 5) is 0. The van der Waals surface area contributed by atoms with Crippen molar-refractivity contribution in [1.82, 2.24) is 5.32 Å². The molecule has 1 heterocycles. The number of benzene rings is 2. The molecule has 2 atom stereocenters. The van der Waals surface area contributed by atoms with Gasteiger partial charge in [-0.3, -0.25) is 0 Å². The van der Waals surface area contributed by atoms with Crippen molar-refractivity contribution in [2.45, 2.75) is 38.0 Å². The van der Waals surface area contributed by atoms with Crippen molar-refractivity contribution in [2.75, 3.05) is 6.54 Å². The Bertz CT molecular complexity index is 643. The molecule has 122 valence electrons. The molecule has 4 heteroatoms. The highest BCUT2D eigenvalue weighted by Crippen LogP contribution is 2.36. The van der Waals surface area contributed by atoms with Crippen LogP contribution >= 0.6 is 11.6 Å². The smallest absolute Gasteiger partial charge is 0.123 e. The van der Waals surface area contributed by atoms with Gasteiger partial charge in [-0.1, -0.05) is 42.8 Å². The average molecular weight is 334 g/mol. The lowest BCUT2D eigenvalue weighted by molar-refractivity contribution is -0.0488. The second-order valence-electron chi connectivity index (χ2n) is 6.11. The van der Waals surface area contributed by atoms with Crippen LogP contribution in [0.1, 0.15) is 30.9 Å². The highest BCUT2D eigenvalue weighted by atomic mass is 35.5. The van der Waals surface area contributed by atoms with Gasteiger partial charge in [0.1, 0.15) is 11.4 Å². The molecule has 0 bridgehead atoms. The van der Waals surface area contributed by atoms with E-state index in [0.29, 0.717) is 12.6 Å². The molecule has 1 fully saturated rings. The minimum absolute atomic E-state index is 0.223. The topological polar surface area (TPSA) is 21.3 Å². The van der Waals surface area contributed by atoms with Crippen LogP contribution in [0.3, 0.4) is 0 Å². The van der Waals surface area contributed by atoms with E-state index in [1.807, 2.05) is 36.4 Å². The molecule has 1 N–H and O–H groups in total. The van der Waals surface area contributed by atoms with Gasteiger partial charge in [-0.05, 0) is 48.2 Å². The summed E-state index contributed by atoms with van der Waals surface area (Å²) in [6, 6.07) is 14.8. The predicted molar refractivity (Wildman–Crippen MR) is 91.0 cm³/mol. The van der Waals surface area contributed by atoms with Gasteiger partial charge >= 0.3 is 0 Å². The van der Waals surface area contributed by atoms with Gasteiger partial charge < -0.3 is 10.1 Å². The monoisotopic (exact) mass is 333 g/mol. The Balaban J connectivity index is 1.81. The molecule has 1 aliphatic heterocycles. The van der Waals surface area contributed by atoms with E-state index in [0.717, 1.165) is 35.5 Å². The third kappa shape index (κ3) is 3.74. The van der Waals surface area contributed by atoms with Gasteiger partial charge in [0.2, 0.25) is 0 Å². The Morgan fingerprint density at radius 3 is 2.48 bits per heavy atom. The molecule has 0 amide bonds. The maximum absolute atomic E-state index is 13.3. The zero-order valence-electron chi connectivity index (χ0n) is 13.2. The second kappa shape index (κ2) is 7.00. The third-order valence-electron chi connectivity index (χ3n) is 4.54. The Kier molecular flexibility index (Phi) is 5.00. The molecular formula is C19H21ClFNO. The molecular weight excluding hydrogens is 313 g/mol. The van der Waals surface area contributed by atoms with Gasteiger partial charge in [0.05, 0.1) is 6.61 Å². The standard InChI is InChI=1S/C19H21ClFNO/c1-2-18-11-19(13-22-18,15-5-9-17(21)10-6-15)23-12-14-3-7-16(20)8-4-14/h3-10,18,22H,2,11-13H2,1H3. The minimum Gasteiger partial charge on any atom is -0.364 e. The molecule has 1 aliphatic rings. The van der Waals surface area contributed by atoms with Crippen LogP contribution in [0.25, 0.3) is 0 Å². The van der Waals surface area contributed by atoms with Crippen molar-refractivity contribution >= 4 is 11.6 Å². The summed E-state index contributed by atoms with van der Waals surface area (Å²) in [5.41, 5.74) is 1.70. The molecule has 0 radical (unpaired) electrons. The molecule has 3 rings (SSSR count). The zero-order chi connectivity index (χ0) is 16.3. The predicted octanol–water partition coefficient (Wildman–Crippen LogP) is 4.66. The molecule has 0 aromatic heterocycles. The van der Waals surface area contributed by atoms with Crippen molar-refractivity contribution in [3.63, 3.8) is 0 Å². The van der Waals surface area contributed by atoms with Crippen LogP contribution in [0.15, 0.2) is 48.5 Å². The molecule has 1 saturated heterocycles. The molecule has 0 saturated carbocycles. The Labute approximate surface area is 141 Å². The first-order chi connectivity index (χ1) is 11.1. The quantitative estimate of drug-likeness (QED) is 0.859. The molecule has 2 aromatic rings. The van der Waals surface area contributed by atoms with E-state index in [1.165, 1.54) is 12.1 Å². The largest absolute Gasteiger partial charge is 0.364 e. The van der Waals surface area contributed by atoms with Crippen molar-refractivity contribution in [3.05, 3.63) is 70.5 Å². The van der Waals surface area contributed by atoms with Gasteiger partial charge in [0, 0.05) is 17.6 Å². The van der Waals surface area contributed by atoms with Crippen LogP contribution < -0.4 is 5.32 Å². The molecule has 2 aromatic carbocycles. The maximum atomic E-state index is 13.3. The lowest BCUT2D eigenvalue weighted by atomic mass is 9.90. The number of nitrogens with one attached hydrogen (secondary N) is 1. The summed E-state index contributed by atoms with van der Waals surface area (Å²) in [7, 11) is 0. The molecule has 2 nitrogen and oxygen atoms in total. The van der Waals surface area contributed by atoms with Crippen molar-refractivity contribution < 1.29 is 9.13 Å². The van der Waals surface area contributed by atoms with Crippen LogP contribution in [-0.2, 0) is 16.9 Å². The molecule has 23 heavy (non-hydrogen) atoms. The molecule has 0 spiro atoms. The van der Waals surface area contributed by atoms with Crippen molar-refractivity contribution in [3.8, 4) is 0 Å². The number of rotatable bonds is 5. The van der Waals surface area contributed by atoms with Gasteiger partial charge in [-0.15, -0.1) is 0 Å². The van der Waals surface area contributed by atoms with Gasteiger partial charge in [-0.25, -0.2) is 4.39 Å². The molecule has 0 aliphatic carbocycles. The molecule has 2 unspecified atom stereocenters. The Morgan fingerprint density at radius 2 is 1.87 bits per heavy atom. The normalized spacial score (nSPS) is 24.0. The maximum Gasteiger partial charge on any atom is 0.123 e. The van der Waals surface area contributed by atoms with Crippen LogP contribution in [0.5, 0.6) is 0 Å². The summed E-state index contributed by atoms with van der Waals surface area (Å²) >= 11 is 5.93. The van der Waals surface area contributed by atoms with E-state index in [-0.39, 0.29) is 5.82 Å². The summed E-state index contributed by atoms with van der Waals surface area (Å²) in [6.45, 7) is 3.41. The minimum atomic E-state index is -0.409. The summed E-state index contributed by atoms with van der Waals surface area (Å²) < 4.78 is 19.6. The van der Waals surface area contributed by atoms with E-state index in [1.54, 1.807) is 0 Å². The highest BCUT2D eigenvalue weighted by molar-refractivity contribution is 6.30. The van der Waals surface area contributed by atoms with Crippen LogP contribution in [0.2, 0.25) is 5.02 Å². The van der Waals surface area contributed by atoms with Crippen LogP contribution in [0.4, 0.5) is 4.39 Å². The number of ether oxygens (including phenoxy) is 1. The SMILES string of the molecule is CCC1CC(OCc2ccc(Cl)cc2)(c2ccc(F)cc2)CN1. The zero-order valence-corrected chi connectivity index (χ0v) is 13.9. The first kappa shape index (κ1) is 16.4. The summed E-state index contributed by atoms with van der Waals surface area (Å²) in [6.07, 6.45) is 1.94. The van der Waals surface area contributed by atoms with Crippen molar-refractivity contribution in [2.24, 2.45) is 0 Å². The number of halogens is 2. The van der Waals surface area contributed by atoms with E-state index in [4.69, 9.17) is 16.3 Å². The Hall–Kier alpha value is -1.42.